The zero-order valence-corrected chi connectivity index (χ0v) is 13.7. The molecule has 118 valence electrons. The maximum Gasteiger partial charge on any atom is 0.186 e. The van der Waals surface area contributed by atoms with Crippen LogP contribution < -0.4 is 9.47 Å². The zero-order valence-electron chi connectivity index (χ0n) is 13.0. The molecule has 2 rings (SSSR count). The van der Waals surface area contributed by atoms with Crippen LogP contribution in [0.25, 0.3) is 6.08 Å². The third kappa shape index (κ3) is 4.73. The molecule has 3 nitrogen and oxygen atoms in total. The molecule has 0 aliphatic carbocycles. The van der Waals surface area contributed by atoms with Crippen LogP contribution in [0.5, 0.6) is 11.5 Å². The second kappa shape index (κ2) is 8.20. The summed E-state index contributed by atoms with van der Waals surface area (Å²) in [4.78, 5) is 12.2. The van der Waals surface area contributed by atoms with Crippen molar-refractivity contribution in [3.8, 4) is 11.5 Å². The molecule has 0 atom stereocenters. The van der Waals surface area contributed by atoms with Gasteiger partial charge in [0.15, 0.2) is 17.3 Å². The molecule has 0 radical (unpaired) electrons. The number of ketones is 1. The van der Waals surface area contributed by atoms with Crippen LogP contribution in [-0.4, -0.2) is 20.0 Å². The molecule has 0 aliphatic heterocycles. The summed E-state index contributed by atoms with van der Waals surface area (Å²) in [7, 11) is 3.08. The van der Waals surface area contributed by atoms with Gasteiger partial charge < -0.3 is 9.47 Å². The van der Waals surface area contributed by atoms with Gasteiger partial charge in [-0.05, 0) is 42.0 Å². The number of ether oxygens (including phenoxy) is 2. The van der Waals surface area contributed by atoms with Gasteiger partial charge in [-0.1, -0.05) is 41.9 Å². The molecule has 4 heteroatoms. The summed E-state index contributed by atoms with van der Waals surface area (Å²) in [6.45, 7) is 0. The first kappa shape index (κ1) is 16.8. The lowest BCUT2D eigenvalue weighted by Crippen LogP contribution is -1.97. The summed E-state index contributed by atoms with van der Waals surface area (Å²) in [6, 6.07) is 14.7. The molecule has 2 aromatic rings. The molecule has 0 amide bonds. The fraction of sp³-hybridized carbons (Fsp3) is 0.105. The zero-order chi connectivity index (χ0) is 16.7. The summed E-state index contributed by atoms with van der Waals surface area (Å²) < 4.78 is 10.3. The van der Waals surface area contributed by atoms with Crippen molar-refractivity contribution >= 4 is 23.5 Å². The summed E-state index contributed by atoms with van der Waals surface area (Å²) in [6.07, 6.45) is 4.80. The Bertz CT molecular complexity index is 734. The van der Waals surface area contributed by atoms with Crippen LogP contribution in [0.1, 0.15) is 15.9 Å². The molecule has 0 heterocycles. The van der Waals surface area contributed by atoms with Gasteiger partial charge >= 0.3 is 0 Å². The minimum Gasteiger partial charge on any atom is -0.493 e. The van der Waals surface area contributed by atoms with Crippen LogP contribution in [-0.2, 0) is 0 Å². The molecule has 0 saturated heterocycles. The smallest absolute Gasteiger partial charge is 0.186 e. The van der Waals surface area contributed by atoms with E-state index in [0.29, 0.717) is 22.1 Å². The molecule has 23 heavy (non-hydrogen) atoms. The first-order valence-corrected chi connectivity index (χ1v) is 7.38. The van der Waals surface area contributed by atoms with E-state index < -0.39 is 0 Å². The number of carbonyl (C=O) groups is 1. The number of hydrogen-bond acceptors (Lipinski definition) is 3. The van der Waals surface area contributed by atoms with Gasteiger partial charge in [0.2, 0.25) is 0 Å². The van der Waals surface area contributed by atoms with E-state index in [9.17, 15) is 4.79 Å². The monoisotopic (exact) mass is 328 g/mol. The quantitative estimate of drug-likeness (QED) is 0.437. The number of methoxy groups -OCH3 is 2. The third-order valence-electron chi connectivity index (χ3n) is 3.17. The van der Waals surface area contributed by atoms with Gasteiger partial charge in [-0.2, -0.15) is 0 Å². The van der Waals surface area contributed by atoms with Gasteiger partial charge in [0.1, 0.15) is 0 Å². The summed E-state index contributed by atoms with van der Waals surface area (Å²) in [5.74, 6) is 0.929. The minimum absolute atomic E-state index is 0.162. The number of benzene rings is 2. The Labute approximate surface area is 140 Å². The highest BCUT2D eigenvalue weighted by Crippen LogP contribution is 2.27. The van der Waals surface area contributed by atoms with E-state index in [1.54, 1.807) is 37.5 Å². The Hall–Kier alpha value is -2.52. The average molecular weight is 329 g/mol. The topological polar surface area (TPSA) is 35.5 Å². The molecule has 2 aromatic carbocycles. The lowest BCUT2D eigenvalue weighted by atomic mass is 10.1. The highest BCUT2D eigenvalue weighted by Gasteiger charge is 2.08. The van der Waals surface area contributed by atoms with E-state index in [2.05, 4.69) is 0 Å². The van der Waals surface area contributed by atoms with E-state index in [1.165, 1.54) is 13.2 Å². The van der Waals surface area contributed by atoms with Gasteiger partial charge in [0.25, 0.3) is 0 Å². The van der Waals surface area contributed by atoms with Crippen molar-refractivity contribution in [3.05, 3.63) is 76.8 Å². The second-order valence-electron chi connectivity index (χ2n) is 4.71. The molecular weight excluding hydrogens is 312 g/mol. The number of rotatable bonds is 6. The van der Waals surface area contributed by atoms with Crippen LogP contribution >= 0.6 is 11.6 Å². The molecule has 0 N–H and O–H groups in total. The van der Waals surface area contributed by atoms with Gasteiger partial charge in [-0.15, -0.1) is 0 Å². The fourth-order valence-electron chi connectivity index (χ4n) is 2.00. The lowest BCUT2D eigenvalue weighted by Gasteiger charge is -2.07. The maximum atomic E-state index is 12.2. The predicted octanol–water partition coefficient (Wildman–Crippen LogP) is 4.72. The third-order valence-corrected chi connectivity index (χ3v) is 3.40. The molecule has 0 aliphatic rings. The highest BCUT2D eigenvalue weighted by atomic mass is 35.5. The second-order valence-corrected chi connectivity index (χ2v) is 5.14. The van der Waals surface area contributed by atoms with E-state index in [0.717, 1.165) is 5.56 Å². The standard InChI is InChI=1S/C19H17ClO3/c1-22-18-11-8-15(13-19(18)23-2)17(21)10-9-16(20)12-14-6-4-3-5-7-14/h3-13H,1-2H3/b10-9+,16-12-. The van der Waals surface area contributed by atoms with E-state index >= 15 is 0 Å². The Morgan fingerprint density at radius 1 is 0.957 bits per heavy atom. The van der Waals surface area contributed by atoms with Crippen LogP contribution in [0.15, 0.2) is 65.7 Å². The molecule has 0 spiro atoms. The summed E-state index contributed by atoms with van der Waals surface area (Å²) >= 11 is 6.13. The maximum absolute atomic E-state index is 12.2. The molecule has 0 unspecified atom stereocenters. The van der Waals surface area contributed by atoms with Gasteiger partial charge in [0, 0.05) is 10.6 Å². The van der Waals surface area contributed by atoms with Crippen molar-refractivity contribution in [1.29, 1.82) is 0 Å². The Balaban J connectivity index is 2.13. The summed E-state index contributed by atoms with van der Waals surface area (Å²) in [5, 5.41) is 0.477. The van der Waals surface area contributed by atoms with Crippen molar-refractivity contribution in [2.45, 2.75) is 0 Å². The highest BCUT2D eigenvalue weighted by molar-refractivity contribution is 6.33. The predicted molar refractivity (Wildman–Crippen MR) is 93.3 cm³/mol. The number of allylic oxidation sites excluding steroid dienone is 3. The molecule has 0 fully saturated rings. The van der Waals surface area contributed by atoms with Gasteiger partial charge in [-0.25, -0.2) is 0 Å². The summed E-state index contributed by atoms with van der Waals surface area (Å²) in [5.41, 5.74) is 1.48. The molecular formula is C19H17ClO3. The van der Waals surface area contributed by atoms with E-state index in [4.69, 9.17) is 21.1 Å². The first-order valence-electron chi connectivity index (χ1n) is 7.00. The van der Waals surface area contributed by atoms with Crippen molar-refractivity contribution in [2.75, 3.05) is 14.2 Å². The van der Waals surface area contributed by atoms with Gasteiger partial charge in [0.05, 0.1) is 14.2 Å². The van der Waals surface area contributed by atoms with Crippen molar-refractivity contribution in [1.82, 2.24) is 0 Å². The molecule has 0 bridgehead atoms. The average Bonchev–Trinajstić information content (AvgIpc) is 2.59. The first-order chi connectivity index (χ1) is 11.1. The van der Waals surface area contributed by atoms with E-state index in [1.807, 2.05) is 30.3 Å². The molecule has 0 saturated carbocycles. The van der Waals surface area contributed by atoms with Crippen LogP contribution in [0.4, 0.5) is 0 Å². The van der Waals surface area contributed by atoms with E-state index in [-0.39, 0.29) is 5.78 Å². The number of carbonyl (C=O) groups excluding carboxylic acids is 1. The fourth-order valence-corrected chi connectivity index (χ4v) is 2.19. The minimum atomic E-state index is -0.162. The lowest BCUT2D eigenvalue weighted by molar-refractivity contribution is 0.104. The normalized spacial score (nSPS) is 11.5. The Morgan fingerprint density at radius 3 is 2.30 bits per heavy atom. The van der Waals surface area contributed by atoms with Crippen molar-refractivity contribution in [3.63, 3.8) is 0 Å². The Morgan fingerprint density at radius 2 is 1.65 bits per heavy atom. The van der Waals surface area contributed by atoms with Gasteiger partial charge in [-0.3, -0.25) is 4.79 Å². The number of hydrogen-bond donors (Lipinski definition) is 0. The molecule has 0 aromatic heterocycles. The van der Waals surface area contributed by atoms with Crippen LogP contribution in [0.3, 0.4) is 0 Å². The van der Waals surface area contributed by atoms with Crippen molar-refractivity contribution < 1.29 is 14.3 Å². The van der Waals surface area contributed by atoms with Crippen LogP contribution in [0, 0.1) is 0 Å². The largest absolute Gasteiger partial charge is 0.493 e. The van der Waals surface area contributed by atoms with Crippen LogP contribution in [0.2, 0.25) is 0 Å². The SMILES string of the molecule is COc1ccc(C(=O)/C=C/C(Cl)=C/c2ccccc2)cc1OC. The number of halogens is 1. The van der Waals surface area contributed by atoms with Crippen molar-refractivity contribution in [2.24, 2.45) is 0 Å². The Kier molecular flexibility index (Phi) is 6.01.